The number of aromatic nitrogens is 2. The minimum Gasteiger partial charge on any atom is -0.495 e. The van der Waals surface area contributed by atoms with E-state index in [4.69, 9.17) is 16.3 Å². The van der Waals surface area contributed by atoms with Crippen molar-refractivity contribution in [3.8, 4) is 5.75 Å². The van der Waals surface area contributed by atoms with Crippen molar-refractivity contribution in [3.63, 3.8) is 0 Å². The number of anilines is 4. The van der Waals surface area contributed by atoms with Gasteiger partial charge in [0, 0.05) is 6.20 Å². The van der Waals surface area contributed by atoms with E-state index in [9.17, 15) is 13.2 Å². The topological polar surface area (TPSA) is 59.1 Å². The number of nitrogens with zero attached hydrogens (tertiary/aromatic N) is 2. The van der Waals surface area contributed by atoms with Crippen LogP contribution in [0.3, 0.4) is 0 Å². The average molecular weight is 395 g/mol. The molecule has 0 spiro atoms. The molecule has 0 saturated carbocycles. The molecule has 0 aliphatic heterocycles. The van der Waals surface area contributed by atoms with Crippen LogP contribution in [0, 0.1) is 0 Å². The van der Waals surface area contributed by atoms with Gasteiger partial charge < -0.3 is 15.4 Å². The molecule has 0 aliphatic carbocycles. The predicted molar refractivity (Wildman–Crippen MR) is 98.0 cm³/mol. The zero-order valence-electron chi connectivity index (χ0n) is 14.0. The molecule has 3 rings (SSSR count). The second kappa shape index (κ2) is 7.71. The molecule has 1 heterocycles. The minimum absolute atomic E-state index is 0.0911. The molecule has 0 aliphatic rings. The van der Waals surface area contributed by atoms with Crippen LogP contribution in [-0.4, -0.2) is 17.1 Å². The van der Waals surface area contributed by atoms with Gasteiger partial charge >= 0.3 is 6.18 Å². The third kappa shape index (κ3) is 4.59. The van der Waals surface area contributed by atoms with E-state index in [1.807, 2.05) is 12.1 Å². The Hall–Kier alpha value is -3.00. The number of alkyl halides is 3. The Balaban J connectivity index is 1.84. The lowest BCUT2D eigenvalue weighted by Gasteiger charge is -2.13. The lowest BCUT2D eigenvalue weighted by Crippen LogP contribution is -2.06. The molecule has 9 heteroatoms. The first-order valence-corrected chi connectivity index (χ1v) is 8.11. The van der Waals surface area contributed by atoms with Gasteiger partial charge in [-0.2, -0.15) is 18.2 Å². The van der Waals surface area contributed by atoms with Crippen LogP contribution in [0.25, 0.3) is 0 Å². The first-order chi connectivity index (χ1) is 12.9. The molecule has 0 amide bonds. The summed E-state index contributed by atoms with van der Waals surface area (Å²) in [6, 6.07) is 11.7. The smallest absolute Gasteiger partial charge is 0.416 e. The van der Waals surface area contributed by atoms with Crippen molar-refractivity contribution in [1.29, 1.82) is 0 Å². The second-order valence-corrected chi connectivity index (χ2v) is 5.82. The quantitative estimate of drug-likeness (QED) is 0.586. The molecule has 0 unspecified atom stereocenters. The summed E-state index contributed by atoms with van der Waals surface area (Å²) in [6.07, 6.45) is -3.00. The van der Waals surface area contributed by atoms with E-state index in [2.05, 4.69) is 20.6 Å². The summed E-state index contributed by atoms with van der Waals surface area (Å²) in [7, 11) is 1.54. The highest BCUT2D eigenvalue weighted by atomic mass is 35.5. The van der Waals surface area contributed by atoms with Gasteiger partial charge in [0.05, 0.1) is 29.1 Å². The molecule has 0 saturated heterocycles. The third-order valence-electron chi connectivity index (χ3n) is 3.57. The van der Waals surface area contributed by atoms with Gasteiger partial charge in [-0.25, -0.2) is 4.98 Å². The van der Waals surface area contributed by atoms with Crippen molar-refractivity contribution in [2.24, 2.45) is 0 Å². The van der Waals surface area contributed by atoms with Crippen LogP contribution < -0.4 is 15.4 Å². The van der Waals surface area contributed by atoms with Gasteiger partial charge in [0.2, 0.25) is 5.95 Å². The maximum Gasteiger partial charge on any atom is 0.416 e. The number of ether oxygens (including phenoxy) is 1. The summed E-state index contributed by atoms with van der Waals surface area (Å²) in [6.45, 7) is 0. The van der Waals surface area contributed by atoms with Crippen LogP contribution in [0.4, 0.5) is 36.3 Å². The fourth-order valence-corrected chi connectivity index (χ4v) is 2.46. The SMILES string of the molecule is COc1ccccc1Nc1nccc(Nc2cc(C(F)(F)F)ccc2Cl)n1. The monoisotopic (exact) mass is 394 g/mol. The summed E-state index contributed by atoms with van der Waals surface area (Å²) in [4.78, 5) is 8.34. The van der Waals surface area contributed by atoms with E-state index in [0.717, 1.165) is 12.1 Å². The second-order valence-electron chi connectivity index (χ2n) is 5.41. The Labute approximate surface area is 158 Å². The summed E-state index contributed by atoms with van der Waals surface area (Å²) in [5.74, 6) is 1.12. The zero-order valence-corrected chi connectivity index (χ0v) is 14.8. The van der Waals surface area contributed by atoms with Crippen LogP contribution >= 0.6 is 11.6 Å². The molecule has 140 valence electrons. The Morgan fingerprint density at radius 3 is 2.52 bits per heavy atom. The van der Waals surface area contributed by atoms with Gasteiger partial charge in [0.1, 0.15) is 11.6 Å². The van der Waals surface area contributed by atoms with Crippen LogP contribution in [0.5, 0.6) is 5.75 Å². The van der Waals surface area contributed by atoms with Gasteiger partial charge in [-0.05, 0) is 36.4 Å². The minimum atomic E-state index is -4.47. The molecular weight excluding hydrogens is 381 g/mol. The molecule has 5 nitrogen and oxygen atoms in total. The largest absolute Gasteiger partial charge is 0.495 e. The molecule has 0 radical (unpaired) electrons. The number of hydrogen-bond acceptors (Lipinski definition) is 5. The summed E-state index contributed by atoms with van der Waals surface area (Å²) < 4.78 is 43.9. The average Bonchev–Trinajstić information content (AvgIpc) is 2.63. The van der Waals surface area contributed by atoms with Crippen molar-refractivity contribution in [2.45, 2.75) is 6.18 Å². The lowest BCUT2D eigenvalue weighted by atomic mass is 10.2. The standard InChI is InChI=1S/C18H14ClF3N4O/c1-27-15-5-3-2-4-13(15)25-17-23-9-8-16(26-17)24-14-10-11(18(20,21)22)6-7-12(14)19/h2-10H,1H3,(H2,23,24,25,26). The summed E-state index contributed by atoms with van der Waals surface area (Å²) >= 11 is 6.00. The molecule has 0 atom stereocenters. The highest BCUT2D eigenvalue weighted by molar-refractivity contribution is 6.33. The van der Waals surface area contributed by atoms with E-state index >= 15 is 0 Å². The molecule has 2 N–H and O–H groups in total. The summed E-state index contributed by atoms with van der Waals surface area (Å²) in [5, 5.41) is 5.92. The van der Waals surface area contributed by atoms with E-state index < -0.39 is 11.7 Å². The number of para-hydroxylation sites is 2. The Morgan fingerprint density at radius 2 is 1.78 bits per heavy atom. The summed E-state index contributed by atoms with van der Waals surface area (Å²) in [5.41, 5.74) is -0.0708. The van der Waals surface area contributed by atoms with Crippen molar-refractivity contribution in [1.82, 2.24) is 9.97 Å². The number of hydrogen-bond donors (Lipinski definition) is 2. The highest BCUT2D eigenvalue weighted by Crippen LogP contribution is 2.35. The molecule has 1 aromatic heterocycles. The predicted octanol–water partition coefficient (Wildman–Crippen LogP) is 5.64. The number of rotatable bonds is 5. The highest BCUT2D eigenvalue weighted by Gasteiger charge is 2.31. The van der Waals surface area contributed by atoms with Gasteiger partial charge in [0.15, 0.2) is 0 Å². The number of halogens is 4. The van der Waals surface area contributed by atoms with E-state index in [1.54, 1.807) is 12.1 Å². The maximum atomic E-state index is 12.9. The number of benzene rings is 2. The molecule has 3 aromatic rings. The van der Waals surface area contributed by atoms with Crippen molar-refractivity contribution in [3.05, 3.63) is 65.3 Å². The van der Waals surface area contributed by atoms with E-state index in [1.165, 1.54) is 25.4 Å². The van der Waals surface area contributed by atoms with E-state index in [0.29, 0.717) is 11.4 Å². The molecular formula is C18H14ClF3N4O. The fraction of sp³-hybridized carbons (Fsp3) is 0.111. The van der Waals surface area contributed by atoms with Crippen LogP contribution in [0.1, 0.15) is 5.56 Å². The lowest BCUT2D eigenvalue weighted by molar-refractivity contribution is -0.137. The Bertz CT molecular complexity index is 950. The fourth-order valence-electron chi connectivity index (χ4n) is 2.29. The van der Waals surface area contributed by atoms with Crippen molar-refractivity contribution in [2.75, 3.05) is 17.7 Å². The molecule has 0 bridgehead atoms. The van der Waals surface area contributed by atoms with Gasteiger partial charge in [0.25, 0.3) is 0 Å². The van der Waals surface area contributed by atoms with E-state index in [-0.39, 0.29) is 22.5 Å². The first kappa shape index (κ1) is 18.8. The van der Waals surface area contributed by atoms with Crippen LogP contribution in [0.15, 0.2) is 54.7 Å². The van der Waals surface area contributed by atoms with Gasteiger partial charge in [-0.3, -0.25) is 0 Å². The van der Waals surface area contributed by atoms with Crippen molar-refractivity contribution < 1.29 is 17.9 Å². The Morgan fingerprint density at radius 1 is 1.00 bits per heavy atom. The number of nitrogens with one attached hydrogen (secondary N) is 2. The van der Waals surface area contributed by atoms with Crippen LogP contribution in [0.2, 0.25) is 5.02 Å². The third-order valence-corrected chi connectivity index (χ3v) is 3.90. The number of methoxy groups -OCH3 is 1. The van der Waals surface area contributed by atoms with Gasteiger partial charge in [-0.1, -0.05) is 23.7 Å². The first-order valence-electron chi connectivity index (χ1n) is 7.73. The van der Waals surface area contributed by atoms with Crippen molar-refractivity contribution >= 4 is 34.7 Å². The maximum absolute atomic E-state index is 12.9. The molecule has 0 fully saturated rings. The molecule has 2 aromatic carbocycles. The van der Waals surface area contributed by atoms with Crippen LogP contribution in [-0.2, 0) is 6.18 Å². The zero-order chi connectivity index (χ0) is 19.4. The molecule has 27 heavy (non-hydrogen) atoms. The Kier molecular flexibility index (Phi) is 5.36. The van der Waals surface area contributed by atoms with Gasteiger partial charge in [-0.15, -0.1) is 0 Å². The normalized spacial score (nSPS) is 11.1.